The molecule has 0 bridgehead atoms. The summed E-state index contributed by atoms with van der Waals surface area (Å²) < 4.78 is 79.1. The Morgan fingerprint density at radius 3 is 2.53 bits per heavy atom. The second-order valence-electron chi connectivity index (χ2n) is 18.0. The van der Waals surface area contributed by atoms with Gasteiger partial charge in [0.15, 0.2) is 5.75 Å². The molecule has 7 rings (SSSR count). The van der Waals surface area contributed by atoms with Crippen LogP contribution in [0.2, 0.25) is 0 Å². The van der Waals surface area contributed by atoms with Gasteiger partial charge in [0.05, 0.1) is 48.2 Å². The third-order valence-corrected chi connectivity index (χ3v) is 14.6. The largest absolute Gasteiger partial charge is 0.497 e. The lowest BCUT2D eigenvalue weighted by atomic mass is 9.83. The number of fused-ring (bicyclic) bond motifs is 5. The van der Waals surface area contributed by atoms with E-state index in [-0.39, 0.29) is 53.7 Å². The van der Waals surface area contributed by atoms with Gasteiger partial charge in [0, 0.05) is 17.7 Å². The summed E-state index contributed by atoms with van der Waals surface area (Å²) in [7, 11) is -2.66. The minimum Gasteiger partial charge on any atom is -0.497 e. The minimum atomic E-state index is -4.09. The van der Waals surface area contributed by atoms with Crippen molar-refractivity contribution in [3.8, 4) is 11.5 Å². The highest BCUT2D eigenvalue weighted by Gasteiger charge is 2.65. The normalized spacial score (nSPS) is 29.3. The molecule has 2 aromatic rings. The lowest BCUT2D eigenvalue weighted by Crippen LogP contribution is -2.58. The van der Waals surface area contributed by atoms with Crippen LogP contribution in [0.5, 0.6) is 11.5 Å². The van der Waals surface area contributed by atoms with Gasteiger partial charge in [0.2, 0.25) is 21.8 Å². The van der Waals surface area contributed by atoms with Crippen molar-refractivity contribution in [2.45, 2.75) is 139 Å². The molecule has 5 atom stereocenters. The molecule has 1 spiro atoms. The number of allylic oxidation sites excluding steroid dienone is 1. The number of ether oxygens (including phenoxy) is 3. The molecule has 3 fully saturated rings. The van der Waals surface area contributed by atoms with Crippen LogP contribution in [0.1, 0.15) is 116 Å². The molecule has 0 radical (unpaired) electrons. The number of sulfonamides is 1. The van der Waals surface area contributed by atoms with Crippen molar-refractivity contribution < 1.29 is 50.6 Å². The summed E-state index contributed by atoms with van der Waals surface area (Å²) in [5.41, 5.74) is -3.25. The third-order valence-electron chi connectivity index (χ3n) is 12.4. The highest BCUT2D eigenvalue weighted by atomic mass is 32.2. The van der Waals surface area contributed by atoms with Crippen LogP contribution in [0, 0.1) is 11.8 Å². The van der Waals surface area contributed by atoms with E-state index in [1.165, 1.54) is 13.2 Å². The average Bonchev–Trinajstić information content (AvgIpc) is 4.06. The second-order valence-corrected chi connectivity index (χ2v) is 20.2. The number of methoxy groups -OCH3 is 1. The molecule has 2 aliphatic carbocycles. The van der Waals surface area contributed by atoms with Crippen molar-refractivity contribution in [2.75, 3.05) is 20.3 Å². The predicted octanol–water partition coefficient (Wildman–Crippen LogP) is 5.73. The zero-order valence-electron chi connectivity index (χ0n) is 34.5. The molecular weight excluding hydrogens is 789 g/mol. The van der Waals surface area contributed by atoms with Crippen LogP contribution in [0.25, 0.3) is 10.9 Å². The molecule has 14 nitrogen and oxygen atoms in total. The van der Waals surface area contributed by atoms with Crippen LogP contribution in [0.15, 0.2) is 30.4 Å². The van der Waals surface area contributed by atoms with Crippen LogP contribution in [-0.2, 0) is 35.1 Å². The number of hydrogen-bond acceptors (Lipinski definition) is 10. The lowest BCUT2D eigenvalue weighted by molar-refractivity contribution is -0.141. The van der Waals surface area contributed by atoms with E-state index in [1.807, 2.05) is 19.9 Å². The van der Waals surface area contributed by atoms with Crippen LogP contribution in [0.4, 0.5) is 13.6 Å². The Labute approximate surface area is 343 Å². The lowest BCUT2D eigenvalue weighted by Gasteiger charge is -2.41. The number of nitrogens with one attached hydrogen (secondary N) is 3. The van der Waals surface area contributed by atoms with Crippen LogP contribution in [0.3, 0.4) is 0 Å². The summed E-state index contributed by atoms with van der Waals surface area (Å²) in [6.07, 6.45) is 5.09. The Hall–Kier alpha value is -4.54. The first kappa shape index (κ1) is 42.6. The molecule has 322 valence electrons. The van der Waals surface area contributed by atoms with Crippen molar-refractivity contribution in [3.63, 3.8) is 0 Å². The number of amides is 4. The summed E-state index contributed by atoms with van der Waals surface area (Å²) in [4.78, 5) is 62.4. The van der Waals surface area contributed by atoms with Gasteiger partial charge in [-0.3, -0.25) is 19.1 Å². The number of alkyl carbamates (subject to hydrolysis) is 1. The van der Waals surface area contributed by atoms with Crippen molar-refractivity contribution >= 4 is 44.7 Å². The number of alkyl halides is 2. The summed E-state index contributed by atoms with van der Waals surface area (Å²) in [5, 5.41) is 5.61. The number of carbonyl (C=O) groups is 4. The van der Waals surface area contributed by atoms with E-state index in [2.05, 4.69) is 15.4 Å². The fourth-order valence-electron chi connectivity index (χ4n) is 8.59. The van der Waals surface area contributed by atoms with Gasteiger partial charge in [-0.1, -0.05) is 52.7 Å². The van der Waals surface area contributed by atoms with Crippen LogP contribution < -0.4 is 24.8 Å². The van der Waals surface area contributed by atoms with Gasteiger partial charge in [-0.05, 0) is 75.5 Å². The maximum atomic E-state index is 17.1. The van der Waals surface area contributed by atoms with Gasteiger partial charge in [-0.15, -0.1) is 0 Å². The zero-order chi connectivity index (χ0) is 42.7. The molecule has 4 heterocycles. The fraction of sp³-hybridized carbons (Fsp3) is 0.643. The fourth-order valence-corrected chi connectivity index (χ4v) is 9.90. The summed E-state index contributed by atoms with van der Waals surface area (Å²) >= 11 is 0. The van der Waals surface area contributed by atoms with Crippen molar-refractivity contribution in [3.05, 3.63) is 41.6 Å². The predicted molar refractivity (Wildman–Crippen MR) is 213 cm³/mol. The molecule has 1 aromatic heterocycles. The molecule has 4 amide bonds. The van der Waals surface area contributed by atoms with Gasteiger partial charge in [0.1, 0.15) is 29.0 Å². The highest BCUT2D eigenvalue weighted by molar-refractivity contribution is 7.91. The molecule has 3 aliphatic heterocycles. The van der Waals surface area contributed by atoms with E-state index < -0.39 is 93.0 Å². The van der Waals surface area contributed by atoms with Crippen molar-refractivity contribution in [1.29, 1.82) is 0 Å². The van der Waals surface area contributed by atoms with Gasteiger partial charge < -0.3 is 29.7 Å². The molecule has 1 saturated heterocycles. The molecule has 59 heavy (non-hydrogen) atoms. The molecular formula is C42H55F2N5O9S. The summed E-state index contributed by atoms with van der Waals surface area (Å²) in [5.74, 6) is -6.68. The van der Waals surface area contributed by atoms with E-state index in [9.17, 15) is 27.6 Å². The third kappa shape index (κ3) is 8.19. The van der Waals surface area contributed by atoms with Crippen LogP contribution in [-0.4, -0.2) is 90.3 Å². The van der Waals surface area contributed by atoms with Gasteiger partial charge >= 0.3 is 6.09 Å². The number of halogens is 2. The maximum Gasteiger partial charge on any atom is 0.407 e. The standard InChI is InChI=1S/C42H55F2N5O9S/c1-24(2)21-57-38(53)46-30-13-11-9-7-8-10-12-26-19-41(26,37(52)48-59(54,55)39(5)16-17-39)47-35(50)31-20-40(23-49(31)36(30)51)22-42(43,44)32-28-18-27(56-6)14-15-29(28)45-33(25(3)4)34(32)58-40/h10,12,14-15,18,24-26,30-31H,7-9,11,13,16-17,19-23H2,1-6H3,(H,46,53)(H,47,50)(H,48,52)/b12-10-/t26?,30-,31-,40-,41+/m0/s1. The van der Waals surface area contributed by atoms with E-state index >= 15 is 8.78 Å². The number of hydrogen-bond donors (Lipinski definition) is 3. The minimum absolute atomic E-state index is 0.0123. The number of carbonyl (C=O) groups excluding carboxylic acids is 4. The Kier molecular flexibility index (Phi) is 11.2. The Morgan fingerprint density at radius 1 is 1.10 bits per heavy atom. The van der Waals surface area contributed by atoms with Crippen LogP contribution >= 0.6 is 0 Å². The average molecular weight is 844 g/mol. The number of aromatic nitrogens is 1. The topological polar surface area (TPSA) is 182 Å². The van der Waals surface area contributed by atoms with E-state index in [0.717, 1.165) is 4.90 Å². The molecule has 3 N–H and O–H groups in total. The zero-order valence-corrected chi connectivity index (χ0v) is 35.3. The highest BCUT2D eigenvalue weighted by Crippen LogP contribution is 2.55. The summed E-state index contributed by atoms with van der Waals surface area (Å²) in [6, 6.07) is 2.10. The van der Waals surface area contributed by atoms with Gasteiger partial charge in [-0.25, -0.2) is 27.0 Å². The first-order valence-corrected chi connectivity index (χ1v) is 22.1. The first-order valence-electron chi connectivity index (χ1n) is 20.6. The van der Waals surface area contributed by atoms with E-state index in [1.54, 1.807) is 39.0 Å². The smallest absolute Gasteiger partial charge is 0.407 e. The maximum absolute atomic E-state index is 17.1. The monoisotopic (exact) mass is 843 g/mol. The second kappa shape index (κ2) is 15.5. The molecule has 17 heteroatoms. The Bertz CT molecular complexity index is 2180. The van der Waals surface area contributed by atoms with Crippen molar-refractivity contribution in [2.24, 2.45) is 11.8 Å². The Morgan fingerprint density at radius 2 is 1.85 bits per heavy atom. The molecule has 1 unspecified atom stereocenters. The number of nitrogens with zero attached hydrogens (tertiary/aromatic N) is 2. The number of rotatable bonds is 8. The number of benzene rings is 1. The summed E-state index contributed by atoms with van der Waals surface area (Å²) in [6.45, 7) is 8.51. The Balaban J connectivity index is 1.29. The van der Waals surface area contributed by atoms with Gasteiger partial charge in [0.25, 0.3) is 11.8 Å². The SMILES string of the molecule is COc1ccc2nc(C(C)C)c3c(c2c1)C(F)(F)C[C@]1(C[C@H]2C(=O)N[C@]4(C(=O)NS(=O)(=O)C5(C)CC5)CC4/C=C\CCCCC[C@H](NC(=O)OCC(C)C)C(=O)N2C1)O3. The first-order chi connectivity index (χ1) is 27.7. The van der Waals surface area contributed by atoms with E-state index in [0.29, 0.717) is 49.8 Å². The quantitative estimate of drug-likeness (QED) is 0.278. The van der Waals surface area contributed by atoms with Crippen molar-refractivity contribution in [1.82, 2.24) is 25.2 Å². The van der Waals surface area contributed by atoms with Gasteiger partial charge in [-0.2, -0.15) is 0 Å². The molecule has 5 aliphatic rings. The number of pyridine rings is 1. The molecule has 1 aromatic carbocycles. The molecule has 2 saturated carbocycles. The van der Waals surface area contributed by atoms with E-state index in [4.69, 9.17) is 19.2 Å².